The number of nitrogens with one attached hydrogen (secondary N) is 2. The first-order chi connectivity index (χ1) is 17.4. The minimum atomic E-state index is -0.720. The van der Waals surface area contributed by atoms with Crippen LogP contribution in [0.3, 0.4) is 0 Å². The number of hydrogen-bond acceptors (Lipinski definition) is 6. The number of halogens is 2. The summed E-state index contributed by atoms with van der Waals surface area (Å²) in [5, 5.41) is 1.05. The third kappa shape index (κ3) is 6.38. The molecule has 2 amide bonds. The fourth-order valence-corrected chi connectivity index (χ4v) is 3.75. The van der Waals surface area contributed by atoms with Crippen LogP contribution in [0.4, 0.5) is 0 Å². The molecule has 0 bridgehead atoms. The Labute approximate surface area is 219 Å². The number of hydrazine groups is 1. The highest BCUT2D eigenvalue weighted by atomic mass is 79.9. The van der Waals surface area contributed by atoms with Crippen LogP contribution in [0.5, 0.6) is 5.75 Å². The quantitative estimate of drug-likeness (QED) is 0.247. The number of amides is 2. The van der Waals surface area contributed by atoms with Crippen LogP contribution >= 0.6 is 27.5 Å². The second kappa shape index (κ2) is 11.7. The maximum Gasteiger partial charge on any atom is 0.339 e. The fourth-order valence-electron chi connectivity index (χ4n) is 3.25. The smallest absolute Gasteiger partial charge is 0.339 e. The molecule has 0 unspecified atom stereocenters. The molecule has 0 spiro atoms. The lowest BCUT2D eigenvalue weighted by molar-refractivity contribution is -0.131. The van der Waals surface area contributed by atoms with E-state index in [0.29, 0.717) is 32.9 Å². The van der Waals surface area contributed by atoms with Gasteiger partial charge in [-0.1, -0.05) is 63.9 Å². The van der Waals surface area contributed by atoms with E-state index in [1.54, 1.807) is 72.8 Å². The van der Waals surface area contributed by atoms with Crippen molar-refractivity contribution in [3.63, 3.8) is 0 Å². The molecule has 182 valence electrons. The van der Waals surface area contributed by atoms with Crippen molar-refractivity contribution in [2.24, 2.45) is 0 Å². The summed E-state index contributed by atoms with van der Waals surface area (Å²) in [6, 6.07) is 22.7. The lowest BCUT2D eigenvalue weighted by Crippen LogP contribution is -2.45. The summed E-state index contributed by atoms with van der Waals surface area (Å²) in [5.41, 5.74) is 6.35. The molecule has 0 saturated heterocycles. The van der Waals surface area contributed by atoms with Crippen LogP contribution in [-0.4, -0.2) is 36.0 Å². The highest BCUT2D eigenvalue weighted by molar-refractivity contribution is 9.10. The molecule has 1 heterocycles. The molecule has 10 heteroatoms. The van der Waals surface area contributed by atoms with Crippen molar-refractivity contribution in [1.29, 1.82) is 0 Å². The van der Waals surface area contributed by atoms with E-state index in [1.807, 2.05) is 6.07 Å². The predicted octanol–water partition coefficient (Wildman–Crippen LogP) is 4.70. The Morgan fingerprint density at radius 3 is 2.28 bits per heavy atom. The van der Waals surface area contributed by atoms with E-state index >= 15 is 0 Å². The lowest BCUT2D eigenvalue weighted by Gasteiger charge is -2.11. The van der Waals surface area contributed by atoms with Gasteiger partial charge in [0.1, 0.15) is 5.75 Å². The van der Waals surface area contributed by atoms with Crippen LogP contribution in [0.15, 0.2) is 83.3 Å². The van der Waals surface area contributed by atoms with Gasteiger partial charge in [0, 0.05) is 20.4 Å². The average Bonchev–Trinajstić information content (AvgIpc) is 2.89. The molecule has 4 rings (SSSR count). The Morgan fingerprint density at radius 2 is 1.53 bits per heavy atom. The van der Waals surface area contributed by atoms with Gasteiger partial charge in [0.15, 0.2) is 13.2 Å². The molecule has 0 aliphatic heterocycles. The summed E-state index contributed by atoms with van der Waals surface area (Å²) in [7, 11) is 0. The maximum absolute atomic E-state index is 12.9. The van der Waals surface area contributed by atoms with E-state index in [0.717, 1.165) is 4.47 Å². The molecule has 36 heavy (non-hydrogen) atoms. The van der Waals surface area contributed by atoms with Crippen LogP contribution in [0.25, 0.3) is 22.2 Å². The van der Waals surface area contributed by atoms with Gasteiger partial charge < -0.3 is 9.47 Å². The number of carbonyl (C=O) groups is 3. The summed E-state index contributed by atoms with van der Waals surface area (Å²) in [6.07, 6.45) is 0. The Morgan fingerprint density at radius 1 is 0.861 bits per heavy atom. The van der Waals surface area contributed by atoms with Crippen LogP contribution in [-0.2, 0) is 14.3 Å². The van der Waals surface area contributed by atoms with Crippen LogP contribution < -0.4 is 15.6 Å². The van der Waals surface area contributed by atoms with Gasteiger partial charge in [0.25, 0.3) is 11.8 Å². The normalized spacial score (nSPS) is 10.5. The number of aromatic nitrogens is 1. The first-order valence-electron chi connectivity index (χ1n) is 10.7. The number of benzene rings is 3. The molecule has 8 nitrogen and oxygen atoms in total. The highest BCUT2D eigenvalue weighted by Crippen LogP contribution is 2.30. The molecular formula is C26H19BrClN3O5. The van der Waals surface area contributed by atoms with Gasteiger partial charge >= 0.3 is 5.97 Å². The minimum Gasteiger partial charge on any atom is -0.484 e. The topological polar surface area (TPSA) is 107 Å². The molecule has 1 aromatic heterocycles. The van der Waals surface area contributed by atoms with Crippen LogP contribution in [0, 0.1) is 0 Å². The van der Waals surface area contributed by atoms with Crippen LogP contribution in [0.2, 0.25) is 5.02 Å². The summed E-state index contributed by atoms with van der Waals surface area (Å²) in [4.78, 5) is 41.5. The van der Waals surface area contributed by atoms with E-state index in [2.05, 4.69) is 31.8 Å². The standard InChI is InChI=1S/C26H19BrClN3O5/c27-16-9-11-17(12-10-16)35-14-24(32)30-31-25(33)15-36-26(34)20-13-23(19-6-1-3-7-21(19)28)29-22-8-4-2-5-18(20)22/h1-13H,14-15H2,(H,30,32)(H,31,33). The number of para-hydroxylation sites is 1. The minimum absolute atomic E-state index is 0.232. The van der Waals surface area contributed by atoms with Gasteiger partial charge in [-0.15, -0.1) is 0 Å². The van der Waals surface area contributed by atoms with E-state index in [1.165, 1.54) is 0 Å². The summed E-state index contributed by atoms with van der Waals surface area (Å²) in [6.45, 7) is -0.916. The number of esters is 1. The average molecular weight is 569 g/mol. The van der Waals surface area contributed by atoms with E-state index in [-0.39, 0.29) is 12.2 Å². The number of ether oxygens (including phenoxy) is 2. The van der Waals surface area contributed by atoms with Gasteiger partial charge in [-0.2, -0.15) is 0 Å². The van der Waals surface area contributed by atoms with Gasteiger partial charge in [0.05, 0.1) is 16.8 Å². The molecular weight excluding hydrogens is 550 g/mol. The zero-order valence-corrected chi connectivity index (χ0v) is 21.0. The number of rotatable bonds is 7. The Balaban J connectivity index is 1.36. The number of hydrogen-bond donors (Lipinski definition) is 2. The van der Waals surface area contributed by atoms with Crippen molar-refractivity contribution < 1.29 is 23.9 Å². The summed E-state index contributed by atoms with van der Waals surface area (Å²) in [5.74, 6) is -1.52. The third-order valence-corrected chi connectivity index (χ3v) is 5.80. The first kappa shape index (κ1) is 25.2. The van der Waals surface area contributed by atoms with Crippen molar-refractivity contribution in [3.05, 3.63) is 93.9 Å². The van der Waals surface area contributed by atoms with Crippen molar-refractivity contribution in [2.45, 2.75) is 0 Å². The number of nitrogens with zero attached hydrogens (tertiary/aromatic N) is 1. The molecule has 0 aliphatic carbocycles. The van der Waals surface area contributed by atoms with E-state index in [4.69, 9.17) is 21.1 Å². The largest absolute Gasteiger partial charge is 0.484 e. The van der Waals surface area contributed by atoms with E-state index < -0.39 is 24.4 Å². The maximum atomic E-state index is 12.9. The molecule has 0 aliphatic rings. The zero-order chi connectivity index (χ0) is 25.5. The highest BCUT2D eigenvalue weighted by Gasteiger charge is 2.17. The van der Waals surface area contributed by atoms with Gasteiger partial charge in [0.2, 0.25) is 0 Å². The predicted molar refractivity (Wildman–Crippen MR) is 138 cm³/mol. The molecule has 2 N–H and O–H groups in total. The molecule has 0 fully saturated rings. The van der Waals surface area contributed by atoms with Crippen molar-refractivity contribution >= 4 is 56.2 Å². The third-order valence-electron chi connectivity index (χ3n) is 4.95. The Kier molecular flexibility index (Phi) is 8.14. The number of carbonyl (C=O) groups excluding carboxylic acids is 3. The summed E-state index contributed by atoms with van der Waals surface area (Å²) < 4.78 is 11.4. The van der Waals surface area contributed by atoms with Gasteiger partial charge in [-0.25, -0.2) is 9.78 Å². The Hall–Kier alpha value is -3.95. The summed E-state index contributed by atoms with van der Waals surface area (Å²) >= 11 is 9.62. The van der Waals surface area contributed by atoms with Crippen molar-refractivity contribution in [3.8, 4) is 17.0 Å². The van der Waals surface area contributed by atoms with Crippen molar-refractivity contribution in [1.82, 2.24) is 15.8 Å². The number of pyridine rings is 1. The first-order valence-corrected chi connectivity index (χ1v) is 11.9. The SMILES string of the molecule is O=C(COC(=O)c1cc(-c2ccccc2Cl)nc2ccccc12)NNC(=O)COc1ccc(Br)cc1. The lowest BCUT2D eigenvalue weighted by atomic mass is 10.0. The van der Waals surface area contributed by atoms with Crippen LogP contribution in [0.1, 0.15) is 10.4 Å². The molecule has 0 saturated carbocycles. The molecule has 0 radical (unpaired) electrons. The van der Waals surface area contributed by atoms with Gasteiger partial charge in [-0.05, 0) is 42.5 Å². The molecule has 0 atom stereocenters. The van der Waals surface area contributed by atoms with E-state index in [9.17, 15) is 14.4 Å². The van der Waals surface area contributed by atoms with Crippen molar-refractivity contribution in [2.75, 3.05) is 13.2 Å². The van der Waals surface area contributed by atoms with Gasteiger partial charge in [-0.3, -0.25) is 20.4 Å². The second-order valence-corrected chi connectivity index (χ2v) is 8.79. The Bertz CT molecular complexity index is 1430. The molecule has 4 aromatic rings. The number of fused-ring (bicyclic) bond motifs is 1. The second-order valence-electron chi connectivity index (χ2n) is 7.47. The monoisotopic (exact) mass is 567 g/mol. The zero-order valence-electron chi connectivity index (χ0n) is 18.7. The fraction of sp³-hybridized carbons (Fsp3) is 0.0769. The molecule has 3 aromatic carbocycles.